The summed E-state index contributed by atoms with van der Waals surface area (Å²) in [5, 5.41) is 5.57. The molecule has 0 fully saturated rings. The molecule has 7 nitrogen and oxygen atoms in total. The Kier molecular flexibility index (Phi) is 9.15. The Balaban J connectivity index is 2.37. The predicted octanol–water partition coefficient (Wildman–Crippen LogP) is 4.57. The summed E-state index contributed by atoms with van der Waals surface area (Å²) in [5.41, 5.74) is 3.46. The largest absolute Gasteiger partial charge is 0.444 e. The van der Waals surface area contributed by atoms with E-state index in [9.17, 15) is 14.4 Å². The molecule has 34 heavy (non-hydrogen) atoms. The molecule has 0 aliphatic heterocycles. The lowest BCUT2D eigenvalue weighted by Crippen LogP contribution is -2.52. The molecule has 2 N–H and O–H groups in total. The molecule has 0 saturated carbocycles. The number of carbonyl (C=O) groups is 3. The van der Waals surface area contributed by atoms with Crippen molar-refractivity contribution in [3.05, 3.63) is 64.7 Å². The van der Waals surface area contributed by atoms with Crippen LogP contribution < -0.4 is 10.6 Å². The Labute approximate surface area is 207 Å². The number of ether oxygens (including phenoxy) is 1. The summed E-state index contributed by atoms with van der Waals surface area (Å²) in [7, 11) is 1.55. The molecule has 2 aromatic carbocycles. The highest BCUT2D eigenvalue weighted by Gasteiger charge is 2.34. The molecule has 0 bridgehead atoms. The van der Waals surface area contributed by atoms with Crippen molar-refractivity contribution in [3.8, 4) is 0 Å². The van der Waals surface area contributed by atoms with Gasteiger partial charge >= 0.3 is 6.09 Å². The molecule has 0 spiro atoms. The van der Waals surface area contributed by atoms with Gasteiger partial charge in [-0.05, 0) is 58.2 Å². The highest BCUT2D eigenvalue weighted by Crippen LogP contribution is 2.26. The molecule has 0 radical (unpaired) electrons. The van der Waals surface area contributed by atoms with Gasteiger partial charge in [-0.1, -0.05) is 48.0 Å². The summed E-state index contributed by atoms with van der Waals surface area (Å²) in [6, 6.07) is 11.3. The second-order valence-corrected chi connectivity index (χ2v) is 9.77. The topological polar surface area (TPSA) is 87.7 Å². The van der Waals surface area contributed by atoms with Crippen LogP contribution in [0, 0.1) is 20.8 Å². The summed E-state index contributed by atoms with van der Waals surface area (Å²) in [6.07, 6.45) is -0.722. The lowest BCUT2D eigenvalue weighted by atomic mass is 10.0. The predicted molar refractivity (Wildman–Crippen MR) is 138 cm³/mol. The summed E-state index contributed by atoms with van der Waals surface area (Å²) < 4.78 is 5.28. The molecule has 8 heteroatoms. The third-order valence-electron chi connectivity index (χ3n) is 5.24. The second-order valence-electron chi connectivity index (χ2n) is 9.40. The standard InChI is InChI=1S/C26H35N3O4S/c1-16-10-8-13-19(14-16)22(23(30)28-21-17(2)11-9-12-18(21)3)29(7)24(31)20(15-34)27-25(32)33-26(4,5)6/h8-14,20,22,34H,15H2,1-7H3,(H,27,32)(H,28,30). The third kappa shape index (κ3) is 7.25. The monoisotopic (exact) mass is 485 g/mol. The van der Waals surface area contributed by atoms with Gasteiger partial charge in [0.1, 0.15) is 17.7 Å². The van der Waals surface area contributed by atoms with Crippen LogP contribution in [0.1, 0.15) is 49.1 Å². The molecular formula is C26H35N3O4S. The maximum absolute atomic E-state index is 13.6. The van der Waals surface area contributed by atoms with E-state index < -0.39 is 29.7 Å². The minimum atomic E-state index is -0.969. The maximum Gasteiger partial charge on any atom is 0.408 e. The van der Waals surface area contributed by atoms with E-state index >= 15 is 0 Å². The van der Waals surface area contributed by atoms with Crippen LogP contribution in [-0.2, 0) is 14.3 Å². The zero-order valence-corrected chi connectivity index (χ0v) is 21.8. The van der Waals surface area contributed by atoms with Crippen molar-refractivity contribution < 1.29 is 19.1 Å². The minimum Gasteiger partial charge on any atom is -0.444 e. The van der Waals surface area contributed by atoms with Crippen LogP contribution in [0.4, 0.5) is 10.5 Å². The molecule has 184 valence electrons. The minimum absolute atomic E-state index is 0.0431. The lowest BCUT2D eigenvalue weighted by Gasteiger charge is -2.31. The fraction of sp³-hybridized carbons (Fsp3) is 0.423. The van der Waals surface area contributed by atoms with Gasteiger partial charge in [0, 0.05) is 18.5 Å². The Bertz CT molecular complexity index is 1030. The van der Waals surface area contributed by atoms with Crippen LogP contribution in [0.25, 0.3) is 0 Å². The molecule has 0 saturated heterocycles. The quantitative estimate of drug-likeness (QED) is 0.501. The van der Waals surface area contributed by atoms with E-state index in [0.29, 0.717) is 11.3 Å². The molecule has 0 aliphatic carbocycles. The first-order chi connectivity index (χ1) is 15.8. The number of benzene rings is 2. The van der Waals surface area contributed by atoms with E-state index in [4.69, 9.17) is 4.74 Å². The number of carbonyl (C=O) groups excluding carboxylic acids is 3. The van der Waals surface area contributed by atoms with E-state index in [0.717, 1.165) is 16.7 Å². The fourth-order valence-electron chi connectivity index (χ4n) is 3.60. The number of thiol groups is 1. The molecule has 3 amide bonds. The van der Waals surface area contributed by atoms with Crippen molar-refractivity contribution in [2.75, 3.05) is 18.1 Å². The highest BCUT2D eigenvalue weighted by atomic mass is 32.1. The Morgan fingerprint density at radius 2 is 1.62 bits per heavy atom. The number of nitrogens with zero attached hydrogens (tertiary/aromatic N) is 1. The summed E-state index contributed by atoms with van der Waals surface area (Å²) >= 11 is 4.25. The van der Waals surface area contributed by atoms with E-state index in [1.54, 1.807) is 27.8 Å². The highest BCUT2D eigenvalue weighted by molar-refractivity contribution is 7.80. The molecular weight excluding hydrogens is 450 g/mol. The summed E-state index contributed by atoms with van der Waals surface area (Å²) in [6.45, 7) is 11.0. The Morgan fingerprint density at radius 3 is 2.15 bits per heavy atom. The first-order valence-electron chi connectivity index (χ1n) is 11.1. The SMILES string of the molecule is Cc1cccc(C(C(=O)Nc2c(C)cccc2C)N(C)C(=O)C(CS)NC(=O)OC(C)(C)C)c1. The molecule has 2 unspecified atom stereocenters. The Hall–Kier alpha value is -3.00. The summed E-state index contributed by atoms with van der Waals surface area (Å²) in [5.74, 6) is -0.764. The molecule has 0 aliphatic rings. The number of alkyl carbamates (subject to hydrolysis) is 1. The number of aryl methyl sites for hydroxylation is 3. The number of anilines is 1. The number of hydrogen-bond donors (Lipinski definition) is 3. The van der Waals surface area contributed by atoms with Crippen LogP contribution in [0.2, 0.25) is 0 Å². The van der Waals surface area contributed by atoms with Gasteiger partial charge in [0.05, 0.1) is 0 Å². The van der Waals surface area contributed by atoms with Crippen LogP contribution in [-0.4, -0.2) is 47.3 Å². The fourth-order valence-corrected chi connectivity index (χ4v) is 3.85. The van der Waals surface area contributed by atoms with E-state index in [1.807, 2.05) is 63.2 Å². The molecule has 2 rings (SSSR count). The molecule has 2 aromatic rings. The second kappa shape index (κ2) is 11.4. The number of hydrogen-bond acceptors (Lipinski definition) is 5. The zero-order valence-electron chi connectivity index (χ0n) is 20.9. The van der Waals surface area contributed by atoms with Gasteiger partial charge in [-0.2, -0.15) is 12.6 Å². The van der Waals surface area contributed by atoms with Gasteiger partial charge in [-0.3, -0.25) is 9.59 Å². The maximum atomic E-state index is 13.6. The smallest absolute Gasteiger partial charge is 0.408 e. The van der Waals surface area contributed by atoms with Crippen molar-refractivity contribution in [1.82, 2.24) is 10.2 Å². The number of likely N-dealkylation sites (N-methyl/N-ethyl adjacent to an activating group) is 1. The van der Waals surface area contributed by atoms with Crippen molar-refractivity contribution in [3.63, 3.8) is 0 Å². The molecule has 0 aromatic heterocycles. The number of para-hydroxylation sites is 1. The normalized spacial score (nSPS) is 12.9. The van der Waals surface area contributed by atoms with Crippen molar-refractivity contribution >= 4 is 36.2 Å². The van der Waals surface area contributed by atoms with Gasteiger partial charge in [-0.25, -0.2) is 4.79 Å². The van der Waals surface area contributed by atoms with Gasteiger partial charge in [-0.15, -0.1) is 0 Å². The zero-order chi connectivity index (χ0) is 25.6. The van der Waals surface area contributed by atoms with Crippen LogP contribution >= 0.6 is 12.6 Å². The van der Waals surface area contributed by atoms with Crippen molar-refractivity contribution in [2.45, 2.75) is 59.2 Å². The van der Waals surface area contributed by atoms with E-state index in [-0.39, 0.29) is 11.7 Å². The van der Waals surface area contributed by atoms with Crippen LogP contribution in [0.3, 0.4) is 0 Å². The number of rotatable bonds is 7. The lowest BCUT2D eigenvalue weighted by molar-refractivity contribution is -0.138. The van der Waals surface area contributed by atoms with Gasteiger partial charge in [0.25, 0.3) is 5.91 Å². The van der Waals surface area contributed by atoms with E-state index in [1.165, 1.54) is 4.90 Å². The molecule has 2 atom stereocenters. The number of nitrogens with one attached hydrogen (secondary N) is 2. The first-order valence-corrected chi connectivity index (χ1v) is 11.8. The van der Waals surface area contributed by atoms with Gasteiger partial charge < -0.3 is 20.3 Å². The third-order valence-corrected chi connectivity index (χ3v) is 5.61. The van der Waals surface area contributed by atoms with Crippen molar-refractivity contribution in [2.24, 2.45) is 0 Å². The average molecular weight is 486 g/mol. The average Bonchev–Trinajstić information content (AvgIpc) is 2.73. The summed E-state index contributed by atoms with van der Waals surface area (Å²) in [4.78, 5) is 40.6. The van der Waals surface area contributed by atoms with Gasteiger partial charge in [0.2, 0.25) is 5.91 Å². The van der Waals surface area contributed by atoms with Crippen LogP contribution in [0.5, 0.6) is 0 Å². The Morgan fingerprint density at radius 1 is 1.03 bits per heavy atom. The van der Waals surface area contributed by atoms with Crippen molar-refractivity contribution in [1.29, 1.82) is 0 Å². The van der Waals surface area contributed by atoms with Gasteiger partial charge in [0.15, 0.2) is 0 Å². The first kappa shape index (κ1) is 27.2. The van der Waals surface area contributed by atoms with E-state index in [2.05, 4.69) is 23.3 Å². The van der Waals surface area contributed by atoms with Crippen LogP contribution in [0.15, 0.2) is 42.5 Å². The molecule has 0 heterocycles. The number of amides is 3.